The molecule has 0 unspecified atom stereocenters. The van der Waals surface area contributed by atoms with Gasteiger partial charge in [0.05, 0.1) is 11.4 Å². The molecule has 0 aliphatic heterocycles. The highest BCUT2D eigenvalue weighted by molar-refractivity contribution is 5.65. The molecule has 1 aliphatic carbocycles. The average molecular weight is 208 g/mol. The van der Waals surface area contributed by atoms with E-state index in [2.05, 4.69) is 12.2 Å². The molecule has 3 heteroatoms. The number of benzene rings is 1. The van der Waals surface area contributed by atoms with Crippen LogP contribution >= 0.6 is 0 Å². The molecule has 1 saturated carbocycles. The Morgan fingerprint density at radius 1 is 1.47 bits per heavy atom. The van der Waals surface area contributed by atoms with E-state index in [1.165, 1.54) is 31.4 Å². The SMILES string of the molecule is CCC1(CNc2cc(F)ccc2N)CC1. The van der Waals surface area contributed by atoms with Gasteiger partial charge in [-0.15, -0.1) is 0 Å². The van der Waals surface area contributed by atoms with Crippen LogP contribution in [0.3, 0.4) is 0 Å². The van der Waals surface area contributed by atoms with Crippen LogP contribution in [-0.4, -0.2) is 6.54 Å². The summed E-state index contributed by atoms with van der Waals surface area (Å²) in [7, 11) is 0. The van der Waals surface area contributed by atoms with Gasteiger partial charge in [-0.25, -0.2) is 4.39 Å². The molecule has 1 aliphatic rings. The minimum atomic E-state index is -0.243. The minimum Gasteiger partial charge on any atom is -0.397 e. The number of rotatable bonds is 4. The first-order valence-electron chi connectivity index (χ1n) is 5.44. The zero-order chi connectivity index (χ0) is 10.9. The standard InChI is InChI=1S/C12H17FN2/c1-2-12(5-6-12)8-15-11-7-9(13)3-4-10(11)14/h3-4,7,15H,2,5-6,8,14H2,1H3. The second-order valence-electron chi connectivity index (χ2n) is 4.44. The van der Waals surface area contributed by atoms with Crippen molar-refractivity contribution in [2.45, 2.75) is 26.2 Å². The summed E-state index contributed by atoms with van der Waals surface area (Å²) in [6.07, 6.45) is 3.71. The molecule has 2 rings (SSSR count). The van der Waals surface area contributed by atoms with Gasteiger partial charge in [0.1, 0.15) is 5.82 Å². The molecule has 82 valence electrons. The Morgan fingerprint density at radius 2 is 2.20 bits per heavy atom. The van der Waals surface area contributed by atoms with E-state index >= 15 is 0 Å². The molecule has 1 aromatic rings. The van der Waals surface area contributed by atoms with E-state index in [1.807, 2.05) is 0 Å². The van der Waals surface area contributed by atoms with Crippen molar-refractivity contribution in [3.63, 3.8) is 0 Å². The lowest BCUT2D eigenvalue weighted by Crippen LogP contribution is -2.15. The van der Waals surface area contributed by atoms with E-state index in [4.69, 9.17) is 5.73 Å². The predicted octanol–water partition coefficient (Wildman–Crippen LogP) is 3.01. The highest BCUT2D eigenvalue weighted by Gasteiger charge is 2.40. The Kier molecular flexibility index (Phi) is 2.55. The summed E-state index contributed by atoms with van der Waals surface area (Å²) in [6, 6.07) is 4.44. The molecule has 0 spiro atoms. The number of halogens is 1. The molecule has 0 aromatic heterocycles. The van der Waals surface area contributed by atoms with Crippen molar-refractivity contribution in [2.75, 3.05) is 17.6 Å². The lowest BCUT2D eigenvalue weighted by molar-refractivity contribution is 0.521. The molecule has 0 atom stereocenters. The second kappa shape index (κ2) is 3.72. The monoisotopic (exact) mass is 208 g/mol. The van der Waals surface area contributed by atoms with Gasteiger partial charge in [-0.3, -0.25) is 0 Å². The van der Waals surface area contributed by atoms with Crippen LogP contribution in [0.4, 0.5) is 15.8 Å². The molecular formula is C12H17FN2. The summed E-state index contributed by atoms with van der Waals surface area (Å²) >= 11 is 0. The first-order chi connectivity index (χ1) is 7.15. The number of nitrogens with two attached hydrogens (primary N) is 1. The highest BCUT2D eigenvalue weighted by Crippen LogP contribution is 2.48. The molecule has 0 radical (unpaired) electrons. The number of nitrogen functional groups attached to an aromatic ring is 1. The third kappa shape index (κ3) is 2.22. The lowest BCUT2D eigenvalue weighted by atomic mass is 10.0. The summed E-state index contributed by atoms with van der Waals surface area (Å²) < 4.78 is 13.0. The van der Waals surface area contributed by atoms with Crippen LogP contribution in [0.25, 0.3) is 0 Å². The fraction of sp³-hybridized carbons (Fsp3) is 0.500. The lowest BCUT2D eigenvalue weighted by Gasteiger charge is -2.15. The normalized spacial score (nSPS) is 17.5. The number of nitrogens with one attached hydrogen (secondary N) is 1. The van der Waals surface area contributed by atoms with Gasteiger partial charge in [-0.05, 0) is 42.9 Å². The second-order valence-corrected chi connectivity index (χ2v) is 4.44. The average Bonchev–Trinajstić information content (AvgIpc) is 3.00. The van der Waals surface area contributed by atoms with Gasteiger partial charge < -0.3 is 11.1 Å². The summed E-state index contributed by atoms with van der Waals surface area (Å²) in [5.41, 5.74) is 7.53. The maximum atomic E-state index is 13.0. The van der Waals surface area contributed by atoms with Gasteiger partial charge in [-0.2, -0.15) is 0 Å². The predicted molar refractivity (Wildman–Crippen MR) is 61.3 cm³/mol. The zero-order valence-electron chi connectivity index (χ0n) is 9.02. The van der Waals surface area contributed by atoms with Crippen LogP contribution in [0.15, 0.2) is 18.2 Å². The van der Waals surface area contributed by atoms with Gasteiger partial charge >= 0.3 is 0 Å². The molecule has 3 N–H and O–H groups in total. The molecule has 0 heterocycles. The van der Waals surface area contributed by atoms with Crippen LogP contribution in [-0.2, 0) is 0 Å². The number of hydrogen-bond donors (Lipinski definition) is 2. The Morgan fingerprint density at radius 3 is 2.80 bits per heavy atom. The molecule has 0 bridgehead atoms. The molecule has 1 fully saturated rings. The van der Waals surface area contributed by atoms with Gasteiger partial charge in [0.25, 0.3) is 0 Å². The molecule has 1 aromatic carbocycles. The Hall–Kier alpha value is -1.25. The zero-order valence-corrected chi connectivity index (χ0v) is 9.02. The van der Waals surface area contributed by atoms with Crippen LogP contribution in [0.1, 0.15) is 26.2 Å². The Bertz CT molecular complexity index is 359. The molecular weight excluding hydrogens is 191 g/mol. The first kappa shape index (κ1) is 10.3. The summed E-state index contributed by atoms with van der Waals surface area (Å²) in [6.45, 7) is 3.10. The fourth-order valence-corrected chi connectivity index (χ4v) is 1.80. The minimum absolute atomic E-state index is 0.243. The Labute approximate surface area is 89.7 Å². The Balaban J connectivity index is 2.01. The molecule has 0 saturated heterocycles. The number of hydrogen-bond acceptors (Lipinski definition) is 2. The van der Waals surface area contributed by atoms with Gasteiger partial charge in [0, 0.05) is 6.54 Å². The fourth-order valence-electron chi connectivity index (χ4n) is 1.80. The smallest absolute Gasteiger partial charge is 0.125 e. The third-order valence-corrected chi connectivity index (χ3v) is 3.38. The summed E-state index contributed by atoms with van der Waals surface area (Å²) in [4.78, 5) is 0. The van der Waals surface area contributed by atoms with E-state index in [9.17, 15) is 4.39 Å². The highest BCUT2D eigenvalue weighted by atomic mass is 19.1. The maximum Gasteiger partial charge on any atom is 0.125 e. The third-order valence-electron chi connectivity index (χ3n) is 3.38. The molecule has 15 heavy (non-hydrogen) atoms. The van der Waals surface area contributed by atoms with Crippen molar-refractivity contribution in [3.05, 3.63) is 24.0 Å². The van der Waals surface area contributed by atoms with E-state index in [1.54, 1.807) is 6.07 Å². The van der Waals surface area contributed by atoms with Gasteiger partial charge in [0.15, 0.2) is 0 Å². The van der Waals surface area contributed by atoms with Crippen LogP contribution in [0.5, 0.6) is 0 Å². The van der Waals surface area contributed by atoms with E-state index in [0.29, 0.717) is 11.1 Å². The largest absolute Gasteiger partial charge is 0.397 e. The van der Waals surface area contributed by atoms with E-state index in [-0.39, 0.29) is 5.82 Å². The van der Waals surface area contributed by atoms with Crippen molar-refractivity contribution in [1.29, 1.82) is 0 Å². The van der Waals surface area contributed by atoms with Gasteiger partial charge in [-0.1, -0.05) is 6.92 Å². The summed E-state index contributed by atoms with van der Waals surface area (Å²) in [5.74, 6) is -0.243. The molecule has 0 amide bonds. The van der Waals surface area contributed by atoms with Crippen molar-refractivity contribution < 1.29 is 4.39 Å². The van der Waals surface area contributed by atoms with Crippen LogP contribution < -0.4 is 11.1 Å². The summed E-state index contributed by atoms with van der Waals surface area (Å²) in [5, 5.41) is 3.24. The van der Waals surface area contributed by atoms with Crippen LogP contribution in [0.2, 0.25) is 0 Å². The topological polar surface area (TPSA) is 38.0 Å². The van der Waals surface area contributed by atoms with Crippen molar-refractivity contribution in [1.82, 2.24) is 0 Å². The van der Waals surface area contributed by atoms with Crippen LogP contribution in [0, 0.1) is 11.2 Å². The number of anilines is 2. The van der Waals surface area contributed by atoms with Crippen molar-refractivity contribution in [2.24, 2.45) is 5.41 Å². The van der Waals surface area contributed by atoms with Crippen molar-refractivity contribution in [3.8, 4) is 0 Å². The van der Waals surface area contributed by atoms with Crippen molar-refractivity contribution >= 4 is 11.4 Å². The van der Waals surface area contributed by atoms with E-state index < -0.39 is 0 Å². The maximum absolute atomic E-state index is 13.0. The van der Waals surface area contributed by atoms with Gasteiger partial charge in [0.2, 0.25) is 0 Å². The quantitative estimate of drug-likeness (QED) is 0.746. The first-order valence-corrected chi connectivity index (χ1v) is 5.44. The van der Waals surface area contributed by atoms with E-state index in [0.717, 1.165) is 12.2 Å². The molecule has 2 nitrogen and oxygen atoms in total.